The topological polar surface area (TPSA) is 142 Å². The molecule has 12 heteroatoms. The van der Waals surface area contributed by atoms with Gasteiger partial charge in [-0.05, 0) is 49.9 Å². The van der Waals surface area contributed by atoms with Crippen molar-refractivity contribution in [2.24, 2.45) is 10.3 Å². The number of ketones is 1. The van der Waals surface area contributed by atoms with Gasteiger partial charge in [-0.25, -0.2) is 8.42 Å². The second kappa shape index (κ2) is 8.41. The fourth-order valence-corrected chi connectivity index (χ4v) is 6.70. The summed E-state index contributed by atoms with van der Waals surface area (Å²) in [6.45, 7) is 2.00. The van der Waals surface area contributed by atoms with Gasteiger partial charge in [0.1, 0.15) is 10.7 Å². The van der Waals surface area contributed by atoms with Crippen molar-refractivity contribution in [3.8, 4) is 0 Å². The molecule has 2 aliphatic heterocycles. The van der Waals surface area contributed by atoms with Gasteiger partial charge < -0.3 is 10.2 Å². The lowest BCUT2D eigenvalue weighted by Gasteiger charge is -2.48. The number of amides is 1. The molecule has 36 heavy (non-hydrogen) atoms. The molecule has 1 saturated heterocycles. The quantitative estimate of drug-likeness (QED) is 0.564. The van der Waals surface area contributed by atoms with Gasteiger partial charge in [-0.1, -0.05) is 30.3 Å². The van der Waals surface area contributed by atoms with Crippen LogP contribution >= 0.6 is 0 Å². The van der Waals surface area contributed by atoms with Gasteiger partial charge in [-0.3, -0.25) is 14.3 Å². The minimum absolute atomic E-state index is 0.00570. The Morgan fingerprint density at radius 1 is 1.11 bits per heavy atom. The van der Waals surface area contributed by atoms with Gasteiger partial charge in [0.2, 0.25) is 15.9 Å². The van der Waals surface area contributed by atoms with Gasteiger partial charge >= 0.3 is 0 Å². The molecule has 1 aliphatic carbocycles. The minimum Gasteiger partial charge on any atom is -0.341 e. The Kier molecular flexibility index (Phi) is 5.71. The molecular weight excluding hydrogens is 504 g/mol. The molecule has 0 bridgehead atoms. The van der Waals surface area contributed by atoms with E-state index >= 15 is 0 Å². The van der Waals surface area contributed by atoms with E-state index in [1.165, 1.54) is 12.1 Å². The highest BCUT2D eigenvalue weighted by atomic mass is 32.2. The van der Waals surface area contributed by atoms with E-state index in [4.69, 9.17) is 0 Å². The number of piperidine rings is 1. The Morgan fingerprint density at radius 2 is 1.81 bits per heavy atom. The third-order valence-corrected chi connectivity index (χ3v) is 9.00. The number of hydrogen-bond acceptors (Lipinski definition) is 7. The largest absolute Gasteiger partial charge is 0.341 e. The second-order valence-electron chi connectivity index (χ2n) is 9.71. The molecule has 5 rings (SSSR count). The number of nitrogens with zero attached hydrogens (tertiary/aromatic N) is 2. The number of carbonyl (C=O) groups excluding carboxylic acids is 2. The molecule has 1 amide bonds. The Labute approximate surface area is 209 Å². The number of nitrogens with one attached hydrogen (secondary N) is 2. The van der Waals surface area contributed by atoms with Crippen molar-refractivity contribution in [3.63, 3.8) is 0 Å². The maximum Gasteiger partial charge on any atom is 0.286 e. The van der Waals surface area contributed by atoms with Crippen LogP contribution in [-0.2, 0) is 35.1 Å². The Hall–Kier alpha value is -3.25. The van der Waals surface area contributed by atoms with Crippen LogP contribution < -0.4 is 10.0 Å². The number of rotatable bonds is 5. The number of anilines is 2. The van der Waals surface area contributed by atoms with Gasteiger partial charge in [0.25, 0.3) is 10.0 Å². The van der Waals surface area contributed by atoms with Gasteiger partial charge in [0.15, 0.2) is 11.7 Å². The van der Waals surface area contributed by atoms with Crippen LogP contribution in [-0.4, -0.2) is 58.1 Å². The molecule has 1 saturated carbocycles. The highest BCUT2D eigenvalue weighted by Gasteiger charge is 2.54. The standard InChI is InChI=1S/C24H26N4O6S2/c1-24(15-7-4-3-5-8-15)14-28(17-9-6-10-17)23(30)20(21(24)29)22-25-18-12-11-16(26-35(2,31)32)13-19(18)36(33,34)27-22/h3-5,7-8,11-13,17,20,26H,6,9-10,14H2,1-2H3,(H,25,27). The number of Topliss-reactive ketones (excluding diaryl/α,β-unsaturated/α-hetero) is 1. The van der Waals surface area contributed by atoms with E-state index in [2.05, 4.69) is 14.4 Å². The monoisotopic (exact) mass is 530 g/mol. The highest BCUT2D eigenvalue weighted by Crippen LogP contribution is 2.40. The van der Waals surface area contributed by atoms with E-state index in [0.717, 1.165) is 37.1 Å². The molecule has 0 radical (unpaired) electrons. The average Bonchev–Trinajstić information content (AvgIpc) is 2.76. The van der Waals surface area contributed by atoms with Crippen LogP contribution in [0.3, 0.4) is 0 Å². The number of carbonyl (C=O) groups is 2. The maximum absolute atomic E-state index is 13.9. The number of amidine groups is 1. The second-order valence-corrected chi connectivity index (χ2v) is 13.0. The Morgan fingerprint density at radius 3 is 2.42 bits per heavy atom. The Bertz CT molecular complexity index is 1500. The summed E-state index contributed by atoms with van der Waals surface area (Å²) in [5.41, 5.74) is -0.139. The first-order chi connectivity index (χ1) is 16.9. The van der Waals surface area contributed by atoms with Crippen LogP contribution in [0.4, 0.5) is 11.4 Å². The summed E-state index contributed by atoms with van der Waals surface area (Å²) in [6.07, 6.45) is 3.59. The first kappa shape index (κ1) is 24.4. The summed E-state index contributed by atoms with van der Waals surface area (Å²) in [4.78, 5) is 29.0. The van der Waals surface area contributed by atoms with Crippen molar-refractivity contribution in [3.05, 3.63) is 54.1 Å². The minimum atomic E-state index is -4.33. The van der Waals surface area contributed by atoms with Crippen LogP contribution in [0.5, 0.6) is 0 Å². The van der Waals surface area contributed by atoms with Crippen LogP contribution in [0.15, 0.2) is 57.8 Å². The lowest BCUT2D eigenvalue weighted by molar-refractivity contribution is -0.151. The van der Waals surface area contributed by atoms with Crippen molar-refractivity contribution in [2.75, 3.05) is 22.8 Å². The molecule has 2 N–H and O–H groups in total. The SMILES string of the molecule is CC1(c2ccccc2)CN(C2CCC2)C(=O)C(C2=NS(=O)(=O)c3cc(NS(C)(=O)=O)ccc3N2)C1=O. The lowest BCUT2D eigenvalue weighted by atomic mass is 9.69. The summed E-state index contributed by atoms with van der Waals surface area (Å²) in [7, 11) is -7.96. The summed E-state index contributed by atoms with van der Waals surface area (Å²) >= 11 is 0. The first-order valence-electron chi connectivity index (χ1n) is 11.5. The lowest BCUT2D eigenvalue weighted by Crippen LogP contribution is -2.64. The Balaban J connectivity index is 1.57. The van der Waals surface area contributed by atoms with Crippen molar-refractivity contribution < 1.29 is 26.4 Å². The predicted molar refractivity (Wildman–Crippen MR) is 135 cm³/mol. The summed E-state index contributed by atoms with van der Waals surface area (Å²) in [6, 6.07) is 13.1. The zero-order valence-corrected chi connectivity index (χ0v) is 21.4. The molecule has 2 aromatic rings. The zero-order valence-electron chi connectivity index (χ0n) is 19.8. The summed E-state index contributed by atoms with van der Waals surface area (Å²) < 4.78 is 55.5. The van der Waals surface area contributed by atoms with Crippen LogP contribution in [0.2, 0.25) is 0 Å². The first-order valence-corrected chi connectivity index (χ1v) is 14.9. The predicted octanol–water partition coefficient (Wildman–Crippen LogP) is 2.11. The van der Waals surface area contributed by atoms with Crippen molar-refractivity contribution in [1.29, 1.82) is 0 Å². The van der Waals surface area contributed by atoms with E-state index in [-0.39, 0.29) is 34.7 Å². The third-order valence-electron chi connectivity index (χ3n) is 7.07. The molecule has 190 valence electrons. The van der Waals surface area contributed by atoms with Crippen LogP contribution in [0.1, 0.15) is 31.7 Å². The molecule has 0 aromatic heterocycles. The van der Waals surface area contributed by atoms with Crippen molar-refractivity contribution in [2.45, 2.75) is 42.5 Å². The summed E-state index contributed by atoms with van der Waals surface area (Å²) in [5, 5.41) is 2.88. The number of likely N-dealkylation sites (tertiary alicyclic amines) is 1. The number of hydrogen-bond donors (Lipinski definition) is 2. The van der Waals surface area contributed by atoms with Gasteiger partial charge in [0, 0.05) is 18.3 Å². The van der Waals surface area contributed by atoms with E-state index in [1.54, 1.807) is 11.8 Å². The highest BCUT2D eigenvalue weighted by molar-refractivity contribution is 7.92. The van der Waals surface area contributed by atoms with Crippen LogP contribution in [0, 0.1) is 5.92 Å². The zero-order chi connectivity index (χ0) is 25.9. The van der Waals surface area contributed by atoms with Gasteiger partial charge in [-0.15, -0.1) is 4.40 Å². The summed E-state index contributed by atoms with van der Waals surface area (Å²) in [5.74, 6) is -2.54. The van der Waals surface area contributed by atoms with Crippen LogP contribution in [0.25, 0.3) is 0 Å². The smallest absolute Gasteiger partial charge is 0.286 e. The van der Waals surface area contributed by atoms with Crippen molar-refractivity contribution in [1.82, 2.24) is 4.90 Å². The fraction of sp³-hybridized carbons (Fsp3) is 0.375. The molecule has 0 spiro atoms. The van der Waals surface area contributed by atoms with Gasteiger partial charge in [-0.2, -0.15) is 8.42 Å². The van der Waals surface area contributed by atoms with E-state index in [9.17, 15) is 26.4 Å². The number of benzene rings is 2. The third kappa shape index (κ3) is 4.17. The molecule has 2 fully saturated rings. The van der Waals surface area contributed by atoms with Crippen molar-refractivity contribution >= 4 is 48.9 Å². The van der Waals surface area contributed by atoms with E-state index < -0.39 is 43.1 Å². The molecule has 3 aliphatic rings. The molecule has 2 heterocycles. The average molecular weight is 531 g/mol. The van der Waals surface area contributed by atoms with Gasteiger partial charge in [0.05, 0.1) is 17.4 Å². The fourth-order valence-electron chi connectivity index (χ4n) is 4.96. The molecule has 10 nitrogen and oxygen atoms in total. The molecular formula is C24H26N4O6S2. The normalized spacial score (nSPS) is 25.9. The molecule has 2 atom stereocenters. The maximum atomic E-state index is 13.9. The number of sulfonamides is 2. The molecule has 2 unspecified atom stereocenters. The number of fused-ring (bicyclic) bond motifs is 1. The molecule has 2 aromatic carbocycles. The van der Waals surface area contributed by atoms with E-state index in [1.807, 2.05) is 30.3 Å². The van der Waals surface area contributed by atoms with E-state index in [0.29, 0.717) is 0 Å².